The van der Waals surface area contributed by atoms with E-state index in [9.17, 15) is 14.4 Å². The van der Waals surface area contributed by atoms with Gasteiger partial charge in [0.1, 0.15) is 30.2 Å². The molecule has 0 unspecified atom stereocenters. The molecule has 11 nitrogen and oxygen atoms in total. The Labute approximate surface area is 205 Å². The number of ether oxygens (including phenoxy) is 2. The maximum absolute atomic E-state index is 13.3. The first kappa shape index (κ1) is 27.9. The molecular formula is C24H36N4O7. The van der Waals surface area contributed by atoms with Crippen LogP contribution in [0, 0.1) is 11.8 Å². The van der Waals surface area contributed by atoms with Crippen molar-refractivity contribution in [2.24, 2.45) is 11.8 Å². The molecule has 0 radical (unpaired) electrons. The number of carbonyl (C=O) groups excluding carboxylic acids is 3. The molecule has 0 saturated carbocycles. The van der Waals surface area contributed by atoms with Crippen LogP contribution >= 0.6 is 0 Å². The van der Waals surface area contributed by atoms with Crippen LogP contribution < -0.4 is 10.6 Å². The number of oxazole rings is 2. The number of methoxy groups -OCH3 is 1. The van der Waals surface area contributed by atoms with Crippen molar-refractivity contribution in [1.29, 1.82) is 0 Å². The quantitative estimate of drug-likeness (QED) is 0.464. The molecular weight excluding hydrogens is 456 g/mol. The molecule has 0 fully saturated rings. The summed E-state index contributed by atoms with van der Waals surface area (Å²) in [5.41, 5.74) is -0.423. The Hall–Kier alpha value is -3.37. The van der Waals surface area contributed by atoms with Crippen molar-refractivity contribution in [3.05, 3.63) is 24.1 Å². The number of hydrogen-bond donors (Lipinski definition) is 2. The molecule has 2 rings (SSSR count). The molecule has 0 aliphatic heterocycles. The predicted molar refractivity (Wildman–Crippen MR) is 126 cm³/mol. The second-order valence-electron chi connectivity index (χ2n) is 9.48. The van der Waals surface area contributed by atoms with Crippen molar-refractivity contribution < 1.29 is 32.7 Å². The second-order valence-corrected chi connectivity index (χ2v) is 9.48. The Balaban J connectivity index is 2.25. The van der Waals surface area contributed by atoms with Crippen molar-refractivity contribution in [2.75, 3.05) is 7.11 Å². The summed E-state index contributed by atoms with van der Waals surface area (Å²) in [5, 5.41) is 5.67. The van der Waals surface area contributed by atoms with Gasteiger partial charge in [-0.1, -0.05) is 40.5 Å². The largest absolute Gasteiger partial charge is 0.464 e. The van der Waals surface area contributed by atoms with Gasteiger partial charge in [0.2, 0.25) is 17.7 Å². The lowest BCUT2D eigenvalue weighted by molar-refractivity contribution is -0.125. The van der Waals surface area contributed by atoms with E-state index in [1.54, 1.807) is 20.8 Å². The van der Waals surface area contributed by atoms with Crippen molar-refractivity contribution in [3.63, 3.8) is 0 Å². The van der Waals surface area contributed by atoms with Gasteiger partial charge in [0.25, 0.3) is 0 Å². The Morgan fingerprint density at radius 2 is 1.66 bits per heavy atom. The van der Waals surface area contributed by atoms with E-state index in [0.29, 0.717) is 6.42 Å². The smallest absolute Gasteiger partial charge is 0.408 e. The Morgan fingerprint density at radius 1 is 1.00 bits per heavy atom. The summed E-state index contributed by atoms with van der Waals surface area (Å²) in [6.45, 7) is 13.0. The van der Waals surface area contributed by atoms with Gasteiger partial charge < -0.3 is 28.9 Å². The number of alkyl carbamates (subject to hydrolysis) is 1. The molecule has 0 spiro atoms. The van der Waals surface area contributed by atoms with Crippen LogP contribution in [0.4, 0.5) is 4.79 Å². The zero-order valence-corrected chi connectivity index (χ0v) is 21.6. The van der Waals surface area contributed by atoms with Crippen LogP contribution in [0.1, 0.15) is 83.7 Å². The summed E-state index contributed by atoms with van der Waals surface area (Å²) in [5.74, 6) is -0.871. The molecule has 11 heteroatoms. The summed E-state index contributed by atoms with van der Waals surface area (Å²) >= 11 is 0. The highest BCUT2D eigenvalue weighted by atomic mass is 16.6. The van der Waals surface area contributed by atoms with E-state index in [4.69, 9.17) is 13.6 Å². The average molecular weight is 493 g/mol. The molecule has 35 heavy (non-hydrogen) atoms. The maximum atomic E-state index is 13.3. The van der Waals surface area contributed by atoms with E-state index in [1.807, 2.05) is 27.7 Å². The number of nitrogens with one attached hydrogen (secondary N) is 2. The third-order valence-electron chi connectivity index (χ3n) is 5.58. The number of nitrogens with zero attached hydrogens (tertiary/aromatic N) is 2. The SMILES string of the molecule is CC[C@H](C)[C@H](NC(=O)OC(C)(C)C)C(=O)N[C@H](c1nc(-c2nc(C(=O)OC)co2)co1)[C@@H](C)CC. The monoisotopic (exact) mass is 492 g/mol. The molecule has 0 saturated heterocycles. The number of hydrogen-bond acceptors (Lipinski definition) is 9. The van der Waals surface area contributed by atoms with Crippen LogP contribution in [0.2, 0.25) is 0 Å². The Kier molecular flexibility index (Phi) is 9.44. The fourth-order valence-electron chi connectivity index (χ4n) is 3.18. The lowest BCUT2D eigenvalue weighted by atomic mass is 9.95. The van der Waals surface area contributed by atoms with Crippen molar-refractivity contribution >= 4 is 18.0 Å². The van der Waals surface area contributed by atoms with Gasteiger partial charge in [-0.05, 0) is 32.6 Å². The highest BCUT2D eigenvalue weighted by Gasteiger charge is 2.33. The van der Waals surface area contributed by atoms with Crippen LogP contribution in [0.15, 0.2) is 21.4 Å². The molecule has 4 atom stereocenters. The van der Waals surface area contributed by atoms with Crippen LogP contribution in [0.3, 0.4) is 0 Å². The molecule has 194 valence electrons. The van der Waals surface area contributed by atoms with Gasteiger partial charge in [-0.3, -0.25) is 4.79 Å². The summed E-state index contributed by atoms with van der Waals surface area (Å²) in [6.07, 6.45) is 3.23. The summed E-state index contributed by atoms with van der Waals surface area (Å²) in [7, 11) is 1.24. The first-order valence-electron chi connectivity index (χ1n) is 11.7. The third kappa shape index (κ3) is 7.56. The number of amides is 2. The van der Waals surface area contributed by atoms with Crippen LogP contribution in [0.5, 0.6) is 0 Å². The molecule has 2 amide bonds. The molecule has 2 aromatic heterocycles. The van der Waals surface area contributed by atoms with Gasteiger partial charge in [-0.15, -0.1) is 0 Å². The second kappa shape index (κ2) is 11.9. The average Bonchev–Trinajstić information content (AvgIpc) is 3.48. The van der Waals surface area contributed by atoms with Crippen molar-refractivity contribution in [2.45, 2.75) is 79.0 Å². The van der Waals surface area contributed by atoms with Gasteiger partial charge in [0.15, 0.2) is 11.4 Å². The topological polar surface area (TPSA) is 146 Å². The molecule has 2 N–H and O–H groups in total. The minimum Gasteiger partial charge on any atom is -0.464 e. The normalized spacial score (nSPS) is 15.0. The first-order valence-corrected chi connectivity index (χ1v) is 11.7. The van der Waals surface area contributed by atoms with Crippen molar-refractivity contribution in [1.82, 2.24) is 20.6 Å². The van der Waals surface area contributed by atoms with E-state index < -0.39 is 29.7 Å². The summed E-state index contributed by atoms with van der Waals surface area (Å²) < 4.78 is 21.0. The zero-order chi connectivity index (χ0) is 26.3. The van der Waals surface area contributed by atoms with Gasteiger partial charge >= 0.3 is 12.1 Å². The number of carbonyl (C=O) groups is 3. The minimum atomic E-state index is -0.815. The van der Waals surface area contributed by atoms with Crippen LogP contribution in [-0.4, -0.2) is 46.7 Å². The van der Waals surface area contributed by atoms with Crippen LogP contribution in [-0.2, 0) is 14.3 Å². The van der Waals surface area contributed by atoms with Crippen molar-refractivity contribution in [3.8, 4) is 11.6 Å². The maximum Gasteiger partial charge on any atom is 0.408 e. The highest BCUT2D eigenvalue weighted by molar-refractivity contribution is 5.87. The van der Waals surface area contributed by atoms with E-state index in [2.05, 4.69) is 25.3 Å². The van der Waals surface area contributed by atoms with E-state index in [1.165, 1.54) is 19.6 Å². The lowest BCUT2D eigenvalue weighted by Gasteiger charge is -2.29. The lowest BCUT2D eigenvalue weighted by Crippen LogP contribution is -2.52. The first-order chi connectivity index (χ1) is 16.4. The number of rotatable bonds is 10. The standard InChI is InChI=1S/C24H36N4O7/c1-9-13(3)17(28-23(31)35-24(5,6)7)19(29)27-18(14(4)10-2)21-25-15(11-34-21)20-26-16(12-33-20)22(30)32-8/h11-14,17-18H,9-10H2,1-8H3,(H,27,29)(H,28,31)/t13-,14-,17-,18-/m0/s1. The van der Waals surface area contributed by atoms with Gasteiger partial charge in [-0.2, -0.15) is 0 Å². The molecule has 0 aliphatic carbocycles. The molecule has 0 aliphatic rings. The fraction of sp³-hybridized carbons (Fsp3) is 0.625. The zero-order valence-electron chi connectivity index (χ0n) is 21.6. The molecule has 2 aromatic rings. The summed E-state index contributed by atoms with van der Waals surface area (Å²) in [6, 6.07) is -1.39. The highest BCUT2D eigenvalue weighted by Crippen LogP contribution is 2.28. The van der Waals surface area contributed by atoms with Gasteiger partial charge in [0, 0.05) is 0 Å². The van der Waals surface area contributed by atoms with E-state index >= 15 is 0 Å². The van der Waals surface area contributed by atoms with Crippen LogP contribution in [0.25, 0.3) is 11.6 Å². The number of esters is 1. The molecule has 0 bridgehead atoms. The Morgan fingerprint density at radius 3 is 2.23 bits per heavy atom. The molecule has 2 heterocycles. The summed E-state index contributed by atoms with van der Waals surface area (Å²) in [4.78, 5) is 45.8. The fourth-order valence-corrected chi connectivity index (χ4v) is 3.18. The van der Waals surface area contributed by atoms with E-state index in [0.717, 1.165) is 6.42 Å². The number of aromatic nitrogens is 2. The minimum absolute atomic E-state index is 0.00319. The predicted octanol–water partition coefficient (Wildman–Crippen LogP) is 4.26. The third-order valence-corrected chi connectivity index (χ3v) is 5.58. The van der Waals surface area contributed by atoms with Gasteiger partial charge in [-0.25, -0.2) is 19.6 Å². The van der Waals surface area contributed by atoms with E-state index in [-0.39, 0.29) is 40.9 Å². The molecule has 0 aromatic carbocycles. The Bertz CT molecular complexity index is 1010. The van der Waals surface area contributed by atoms with Gasteiger partial charge in [0.05, 0.1) is 7.11 Å².